The highest BCUT2D eigenvalue weighted by Crippen LogP contribution is 2.04. The van der Waals surface area contributed by atoms with Crippen LogP contribution in [0.5, 0.6) is 0 Å². The number of pyridine rings is 1. The number of nitrogens with one attached hydrogen (secondary N) is 1. The summed E-state index contributed by atoms with van der Waals surface area (Å²) in [6.45, 7) is 6.74. The second-order valence-electron chi connectivity index (χ2n) is 5.26. The Kier molecular flexibility index (Phi) is 9.29. The van der Waals surface area contributed by atoms with Gasteiger partial charge in [0.2, 0.25) is 0 Å². The first-order chi connectivity index (χ1) is 9.33. The summed E-state index contributed by atoms with van der Waals surface area (Å²) in [5.74, 6) is 0. The summed E-state index contributed by atoms with van der Waals surface area (Å²) < 4.78 is 0. The highest BCUT2D eigenvalue weighted by atomic mass is 15.1. The SMILES string of the molecule is CCCNCCCCCCN(C)Cc1cccnc1. The van der Waals surface area contributed by atoms with Crippen molar-refractivity contribution >= 4 is 0 Å². The van der Waals surface area contributed by atoms with Crippen LogP contribution in [-0.4, -0.2) is 36.6 Å². The van der Waals surface area contributed by atoms with Crippen LogP contribution in [-0.2, 0) is 6.54 Å². The second-order valence-corrected chi connectivity index (χ2v) is 5.26. The third-order valence-electron chi connectivity index (χ3n) is 3.25. The average molecular weight is 263 g/mol. The summed E-state index contributed by atoms with van der Waals surface area (Å²) in [4.78, 5) is 6.53. The maximum Gasteiger partial charge on any atom is 0.0312 e. The number of hydrogen-bond donors (Lipinski definition) is 1. The zero-order chi connectivity index (χ0) is 13.8. The summed E-state index contributed by atoms with van der Waals surface area (Å²) in [7, 11) is 2.19. The predicted octanol–water partition coefficient (Wildman–Crippen LogP) is 3.07. The Hall–Kier alpha value is -0.930. The maximum atomic E-state index is 4.15. The van der Waals surface area contributed by atoms with Crippen LogP contribution in [0.25, 0.3) is 0 Å². The monoisotopic (exact) mass is 263 g/mol. The molecule has 0 aliphatic heterocycles. The van der Waals surface area contributed by atoms with E-state index in [-0.39, 0.29) is 0 Å². The van der Waals surface area contributed by atoms with Crippen LogP contribution in [0.1, 0.15) is 44.6 Å². The number of aromatic nitrogens is 1. The molecule has 1 aromatic heterocycles. The number of unbranched alkanes of at least 4 members (excludes halogenated alkanes) is 3. The molecule has 1 aromatic rings. The molecule has 0 saturated carbocycles. The molecule has 0 bridgehead atoms. The molecule has 0 saturated heterocycles. The Morgan fingerprint density at radius 2 is 2.00 bits per heavy atom. The highest BCUT2D eigenvalue weighted by molar-refractivity contribution is 5.07. The van der Waals surface area contributed by atoms with Gasteiger partial charge in [-0.3, -0.25) is 4.98 Å². The Labute approximate surface area is 118 Å². The fourth-order valence-electron chi connectivity index (χ4n) is 2.17. The smallest absolute Gasteiger partial charge is 0.0312 e. The molecule has 0 fully saturated rings. The first-order valence-corrected chi connectivity index (χ1v) is 7.61. The molecule has 1 heterocycles. The predicted molar refractivity (Wildman–Crippen MR) is 82.2 cm³/mol. The van der Waals surface area contributed by atoms with Gasteiger partial charge in [0.15, 0.2) is 0 Å². The molecule has 0 aromatic carbocycles. The van der Waals surface area contributed by atoms with Crippen molar-refractivity contribution in [3.05, 3.63) is 30.1 Å². The van der Waals surface area contributed by atoms with Crippen molar-refractivity contribution < 1.29 is 0 Å². The first-order valence-electron chi connectivity index (χ1n) is 7.61. The summed E-state index contributed by atoms with van der Waals surface area (Å²) >= 11 is 0. The van der Waals surface area contributed by atoms with Gasteiger partial charge in [-0.25, -0.2) is 0 Å². The van der Waals surface area contributed by atoms with Gasteiger partial charge in [0, 0.05) is 18.9 Å². The van der Waals surface area contributed by atoms with Crippen LogP contribution >= 0.6 is 0 Å². The Morgan fingerprint density at radius 3 is 2.74 bits per heavy atom. The van der Waals surface area contributed by atoms with Crippen LogP contribution in [0.4, 0.5) is 0 Å². The standard InChI is InChI=1S/C16H29N3/c1-3-10-17-11-6-4-5-7-13-19(2)15-16-9-8-12-18-14-16/h8-9,12,14,17H,3-7,10-11,13,15H2,1-2H3. The Bertz CT molecular complexity index is 300. The Morgan fingerprint density at radius 1 is 1.16 bits per heavy atom. The van der Waals surface area contributed by atoms with Gasteiger partial charge in [0.25, 0.3) is 0 Å². The van der Waals surface area contributed by atoms with Crippen molar-refractivity contribution in [1.82, 2.24) is 15.2 Å². The molecule has 1 N–H and O–H groups in total. The largest absolute Gasteiger partial charge is 0.317 e. The minimum Gasteiger partial charge on any atom is -0.317 e. The molecule has 0 amide bonds. The minimum absolute atomic E-state index is 1.01. The second kappa shape index (κ2) is 10.9. The lowest BCUT2D eigenvalue weighted by Gasteiger charge is -2.16. The molecular weight excluding hydrogens is 234 g/mol. The average Bonchev–Trinajstić information content (AvgIpc) is 2.43. The quantitative estimate of drug-likeness (QED) is 0.622. The lowest BCUT2D eigenvalue weighted by atomic mass is 10.2. The van der Waals surface area contributed by atoms with Crippen molar-refractivity contribution in [2.24, 2.45) is 0 Å². The van der Waals surface area contributed by atoms with Gasteiger partial charge in [-0.05, 0) is 57.6 Å². The molecule has 0 aliphatic rings. The minimum atomic E-state index is 1.01. The van der Waals surface area contributed by atoms with Crippen molar-refractivity contribution in [2.75, 3.05) is 26.7 Å². The van der Waals surface area contributed by atoms with Crippen LogP contribution in [0, 0.1) is 0 Å². The van der Waals surface area contributed by atoms with E-state index in [9.17, 15) is 0 Å². The lowest BCUT2D eigenvalue weighted by molar-refractivity contribution is 0.316. The number of hydrogen-bond acceptors (Lipinski definition) is 3. The molecule has 0 aliphatic carbocycles. The number of nitrogens with zero attached hydrogens (tertiary/aromatic N) is 2. The molecule has 0 unspecified atom stereocenters. The fourth-order valence-corrected chi connectivity index (χ4v) is 2.17. The van der Waals surface area contributed by atoms with Crippen molar-refractivity contribution in [2.45, 2.75) is 45.6 Å². The van der Waals surface area contributed by atoms with E-state index in [1.165, 1.54) is 50.8 Å². The highest BCUT2D eigenvalue weighted by Gasteiger charge is 1.99. The van der Waals surface area contributed by atoms with Gasteiger partial charge in [-0.2, -0.15) is 0 Å². The number of rotatable bonds is 11. The van der Waals surface area contributed by atoms with Gasteiger partial charge in [-0.15, -0.1) is 0 Å². The third-order valence-corrected chi connectivity index (χ3v) is 3.25. The fraction of sp³-hybridized carbons (Fsp3) is 0.688. The van der Waals surface area contributed by atoms with Crippen LogP contribution in [0.3, 0.4) is 0 Å². The molecule has 1 rings (SSSR count). The summed E-state index contributed by atoms with van der Waals surface area (Å²) in [6, 6.07) is 4.15. The van der Waals surface area contributed by atoms with E-state index in [2.05, 4.69) is 35.2 Å². The van der Waals surface area contributed by atoms with E-state index in [1.807, 2.05) is 18.5 Å². The molecule has 0 spiro atoms. The zero-order valence-electron chi connectivity index (χ0n) is 12.6. The van der Waals surface area contributed by atoms with E-state index >= 15 is 0 Å². The van der Waals surface area contributed by atoms with Crippen molar-refractivity contribution in [3.8, 4) is 0 Å². The van der Waals surface area contributed by atoms with Gasteiger partial charge in [0.05, 0.1) is 0 Å². The van der Waals surface area contributed by atoms with Gasteiger partial charge in [0.1, 0.15) is 0 Å². The van der Waals surface area contributed by atoms with E-state index in [4.69, 9.17) is 0 Å². The Balaban J connectivity index is 1.94. The topological polar surface area (TPSA) is 28.2 Å². The molecule has 0 radical (unpaired) electrons. The molecule has 19 heavy (non-hydrogen) atoms. The first kappa shape index (κ1) is 16.1. The van der Waals surface area contributed by atoms with Gasteiger partial charge in [-0.1, -0.05) is 25.8 Å². The van der Waals surface area contributed by atoms with E-state index in [0.29, 0.717) is 0 Å². The van der Waals surface area contributed by atoms with Crippen LogP contribution in [0.2, 0.25) is 0 Å². The zero-order valence-corrected chi connectivity index (χ0v) is 12.6. The van der Waals surface area contributed by atoms with E-state index in [0.717, 1.165) is 13.1 Å². The molecule has 0 atom stereocenters. The molecular formula is C16H29N3. The van der Waals surface area contributed by atoms with Crippen molar-refractivity contribution in [3.63, 3.8) is 0 Å². The molecule has 3 nitrogen and oxygen atoms in total. The van der Waals surface area contributed by atoms with Crippen LogP contribution in [0.15, 0.2) is 24.5 Å². The summed E-state index contributed by atoms with van der Waals surface area (Å²) in [6.07, 6.45) is 10.3. The summed E-state index contributed by atoms with van der Waals surface area (Å²) in [5.41, 5.74) is 1.30. The van der Waals surface area contributed by atoms with E-state index < -0.39 is 0 Å². The van der Waals surface area contributed by atoms with Gasteiger partial charge < -0.3 is 10.2 Å². The molecule has 108 valence electrons. The van der Waals surface area contributed by atoms with Gasteiger partial charge >= 0.3 is 0 Å². The molecule has 3 heteroatoms. The third kappa shape index (κ3) is 8.73. The maximum absolute atomic E-state index is 4.15. The lowest BCUT2D eigenvalue weighted by Crippen LogP contribution is -2.19. The van der Waals surface area contributed by atoms with Crippen molar-refractivity contribution in [1.29, 1.82) is 0 Å². The summed E-state index contributed by atoms with van der Waals surface area (Å²) in [5, 5.41) is 3.45. The normalized spacial score (nSPS) is 11.1. The van der Waals surface area contributed by atoms with Crippen LogP contribution < -0.4 is 5.32 Å². The van der Waals surface area contributed by atoms with E-state index in [1.54, 1.807) is 0 Å².